The Morgan fingerprint density at radius 3 is 2.85 bits per heavy atom. The summed E-state index contributed by atoms with van der Waals surface area (Å²) in [6.07, 6.45) is 6.07. The molecular weight excluding hydrogens is 459 g/mol. The molecule has 1 N–H and O–H groups in total. The Kier molecular flexibility index (Phi) is 6.24. The molecule has 0 aliphatic rings. The van der Waals surface area contributed by atoms with E-state index in [1.165, 1.54) is 23.4 Å². The standard InChI is InChI=1S/C19H17IN4O3/c20-6-2-1-3-7-27-16-4-5-17-13(9-16)8-15(11-22-17)24-12-14(10-21)18(25)23-19(24)26/h4-5,8-9,11-12H,1-3,6-7H2,(H,23,25,26). The number of ether oxygens (including phenoxy) is 1. The number of nitriles is 1. The maximum atomic E-state index is 12.1. The van der Waals surface area contributed by atoms with E-state index in [4.69, 9.17) is 10.00 Å². The van der Waals surface area contributed by atoms with Crippen molar-refractivity contribution in [2.75, 3.05) is 11.0 Å². The number of H-pyrrole nitrogens is 1. The summed E-state index contributed by atoms with van der Waals surface area (Å²) in [4.78, 5) is 30.1. The van der Waals surface area contributed by atoms with E-state index in [9.17, 15) is 9.59 Å². The van der Waals surface area contributed by atoms with Gasteiger partial charge in [-0.05, 0) is 48.0 Å². The van der Waals surface area contributed by atoms with E-state index in [0.717, 1.165) is 33.9 Å². The van der Waals surface area contributed by atoms with Crippen molar-refractivity contribution in [3.8, 4) is 17.5 Å². The van der Waals surface area contributed by atoms with Crippen molar-refractivity contribution >= 4 is 33.5 Å². The van der Waals surface area contributed by atoms with Crippen LogP contribution in [-0.2, 0) is 0 Å². The first-order valence-corrected chi connectivity index (χ1v) is 10.00. The molecule has 0 amide bonds. The van der Waals surface area contributed by atoms with Crippen molar-refractivity contribution in [2.24, 2.45) is 0 Å². The number of aromatic amines is 1. The van der Waals surface area contributed by atoms with Gasteiger partial charge in [-0.1, -0.05) is 22.6 Å². The highest BCUT2D eigenvalue weighted by Crippen LogP contribution is 2.21. The van der Waals surface area contributed by atoms with E-state index >= 15 is 0 Å². The maximum Gasteiger partial charge on any atom is 0.333 e. The van der Waals surface area contributed by atoms with E-state index in [-0.39, 0.29) is 5.56 Å². The molecule has 0 saturated heterocycles. The van der Waals surface area contributed by atoms with E-state index in [1.807, 2.05) is 18.2 Å². The molecule has 1 aromatic carbocycles. The molecule has 7 nitrogen and oxygen atoms in total. The fraction of sp³-hybridized carbons (Fsp3) is 0.263. The van der Waals surface area contributed by atoms with Crippen molar-refractivity contribution in [1.82, 2.24) is 14.5 Å². The number of nitrogens with one attached hydrogen (secondary N) is 1. The van der Waals surface area contributed by atoms with Gasteiger partial charge in [0.05, 0.1) is 24.0 Å². The summed E-state index contributed by atoms with van der Waals surface area (Å²) in [6, 6.07) is 9.13. The van der Waals surface area contributed by atoms with E-state index in [2.05, 4.69) is 32.6 Å². The second kappa shape index (κ2) is 8.81. The molecule has 0 radical (unpaired) electrons. The van der Waals surface area contributed by atoms with Gasteiger partial charge in [0.2, 0.25) is 0 Å². The second-order valence-electron chi connectivity index (χ2n) is 5.93. The highest BCUT2D eigenvalue weighted by molar-refractivity contribution is 14.1. The van der Waals surface area contributed by atoms with Gasteiger partial charge >= 0.3 is 5.69 Å². The lowest BCUT2D eigenvalue weighted by molar-refractivity contribution is 0.307. The Labute approximate surface area is 168 Å². The number of pyridine rings is 1. The van der Waals surface area contributed by atoms with Crippen molar-refractivity contribution in [3.05, 3.63) is 63.1 Å². The molecule has 0 aliphatic carbocycles. The van der Waals surface area contributed by atoms with Crippen LogP contribution in [0.15, 0.2) is 46.2 Å². The Balaban J connectivity index is 1.89. The van der Waals surface area contributed by atoms with Gasteiger partial charge in [0.15, 0.2) is 0 Å². The fourth-order valence-electron chi connectivity index (χ4n) is 2.63. The fourth-order valence-corrected chi connectivity index (χ4v) is 3.16. The van der Waals surface area contributed by atoms with Crippen molar-refractivity contribution in [2.45, 2.75) is 19.3 Å². The number of hydrogen-bond donors (Lipinski definition) is 1. The highest BCUT2D eigenvalue weighted by atomic mass is 127. The number of hydrogen-bond acceptors (Lipinski definition) is 5. The highest BCUT2D eigenvalue weighted by Gasteiger charge is 2.08. The van der Waals surface area contributed by atoms with Gasteiger partial charge in [-0.3, -0.25) is 19.3 Å². The monoisotopic (exact) mass is 476 g/mol. The summed E-state index contributed by atoms with van der Waals surface area (Å²) in [7, 11) is 0. The quantitative estimate of drug-likeness (QED) is 0.321. The average molecular weight is 476 g/mol. The molecule has 3 rings (SSSR count). The van der Waals surface area contributed by atoms with Crippen LogP contribution in [0.3, 0.4) is 0 Å². The van der Waals surface area contributed by atoms with Gasteiger partial charge in [-0.2, -0.15) is 5.26 Å². The molecule has 0 spiro atoms. The molecule has 0 saturated carbocycles. The van der Waals surface area contributed by atoms with Crippen LogP contribution in [0.25, 0.3) is 16.6 Å². The van der Waals surface area contributed by atoms with Crippen LogP contribution in [0, 0.1) is 11.3 Å². The Morgan fingerprint density at radius 2 is 2.07 bits per heavy atom. The third-order valence-corrected chi connectivity index (χ3v) is 4.79. The predicted molar refractivity (Wildman–Crippen MR) is 111 cm³/mol. The topological polar surface area (TPSA) is 101 Å². The molecule has 27 heavy (non-hydrogen) atoms. The summed E-state index contributed by atoms with van der Waals surface area (Å²) in [6.45, 7) is 0.653. The van der Waals surface area contributed by atoms with Crippen LogP contribution >= 0.6 is 22.6 Å². The van der Waals surface area contributed by atoms with Crippen LogP contribution in [-0.4, -0.2) is 25.6 Å². The van der Waals surface area contributed by atoms with E-state index < -0.39 is 11.2 Å². The summed E-state index contributed by atoms with van der Waals surface area (Å²) in [5.41, 5.74) is -0.250. The first-order valence-electron chi connectivity index (χ1n) is 8.47. The molecule has 8 heteroatoms. The van der Waals surface area contributed by atoms with Crippen LogP contribution in [0.1, 0.15) is 24.8 Å². The Hall–Kier alpha value is -2.67. The van der Waals surface area contributed by atoms with Crippen LogP contribution in [0.2, 0.25) is 0 Å². The molecule has 0 atom stereocenters. The van der Waals surface area contributed by atoms with Gasteiger partial charge in [-0.25, -0.2) is 4.79 Å². The number of benzene rings is 1. The molecule has 2 heterocycles. The van der Waals surface area contributed by atoms with E-state index in [1.54, 1.807) is 12.1 Å². The molecule has 138 valence electrons. The molecule has 3 aromatic rings. The van der Waals surface area contributed by atoms with Gasteiger partial charge in [0, 0.05) is 11.6 Å². The Morgan fingerprint density at radius 1 is 1.22 bits per heavy atom. The van der Waals surface area contributed by atoms with Crippen LogP contribution in [0.4, 0.5) is 0 Å². The van der Waals surface area contributed by atoms with Gasteiger partial charge in [-0.15, -0.1) is 0 Å². The maximum absolute atomic E-state index is 12.1. The summed E-state index contributed by atoms with van der Waals surface area (Å²) in [5.74, 6) is 0.738. The number of aromatic nitrogens is 3. The minimum absolute atomic E-state index is 0.140. The zero-order chi connectivity index (χ0) is 19.2. The normalized spacial score (nSPS) is 10.7. The summed E-state index contributed by atoms with van der Waals surface area (Å²) >= 11 is 2.37. The van der Waals surface area contributed by atoms with Crippen LogP contribution in [0.5, 0.6) is 5.75 Å². The number of unbranched alkanes of at least 4 members (excludes halogenated alkanes) is 2. The Bertz CT molecular complexity index is 1110. The number of alkyl halides is 1. The SMILES string of the molecule is N#Cc1cn(-c2cnc3ccc(OCCCCCI)cc3c2)c(=O)[nH]c1=O. The predicted octanol–water partition coefficient (Wildman–Crippen LogP) is 2.93. The largest absolute Gasteiger partial charge is 0.494 e. The summed E-state index contributed by atoms with van der Waals surface area (Å²) < 4.78 is 8.14. The van der Waals surface area contributed by atoms with Crippen molar-refractivity contribution < 1.29 is 4.74 Å². The van der Waals surface area contributed by atoms with Gasteiger partial charge in [0.25, 0.3) is 5.56 Å². The van der Waals surface area contributed by atoms with Crippen molar-refractivity contribution in [3.63, 3.8) is 0 Å². The lowest BCUT2D eigenvalue weighted by atomic mass is 10.2. The molecular formula is C19H17IN4O3. The first kappa shape index (κ1) is 19.1. The second-order valence-corrected chi connectivity index (χ2v) is 7.01. The molecule has 2 aromatic heterocycles. The molecule has 0 fully saturated rings. The number of fused-ring (bicyclic) bond motifs is 1. The van der Waals surface area contributed by atoms with Crippen LogP contribution < -0.4 is 16.0 Å². The molecule has 0 aliphatic heterocycles. The number of rotatable bonds is 7. The third-order valence-electron chi connectivity index (χ3n) is 4.03. The molecule has 0 unspecified atom stereocenters. The third kappa shape index (κ3) is 4.54. The zero-order valence-corrected chi connectivity index (χ0v) is 16.6. The molecule has 0 bridgehead atoms. The van der Waals surface area contributed by atoms with Gasteiger partial charge in [0.1, 0.15) is 17.4 Å². The lowest BCUT2D eigenvalue weighted by Gasteiger charge is -2.09. The van der Waals surface area contributed by atoms with Gasteiger partial charge < -0.3 is 4.74 Å². The zero-order valence-electron chi connectivity index (χ0n) is 14.4. The smallest absolute Gasteiger partial charge is 0.333 e. The van der Waals surface area contributed by atoms with Crippen molar-refractivity contribution in [1.29, 1.82) is 5.26 Å². The average Bonchev–Trinajstić information content (AvgIpc) is 2.67. The minimum atomic E-state index is -0.703. The minimum Gasteiger partial charge on any atom is -0.494 e. The summed E-state index contributed by atoms with van der Waals surface area (Å²) in [5, 5.41) is 9.81. The number of halogens is 1. The first-order chi connectivity index (χ1) is 13.1. The lowest BCUT2D eigenvalue weighted by Crippen LogP contribution is -2.30. The number of nitrogens with zero attached hydrogens (tertiary/aromatic N) is 3. The van der Waals surface area contributed by atoms with E-state index in [0.29, 0.717) is 12.3 Å².